The number of fused-ring (bicyclic) bond motifs is 1. The summed E-state index contributed by atoms with van der Waals surface area (Å²) in [5, 5.41) is 5.29. The normalized spacial score (nSPS) is 11.0. The van der Waals surface area contributed by atoms with Crippen LogP contribution in [0.5, 0.6) is 5.75 Å². The summed E-state index contributed by atoms with van der Waals surface area (Å²) in [5.74, 6) is 1.74. The number of anilines is 1. The van der Waals surface area contributed by atoms with E-state index in [1.54, 1.807) is 13.4 Å². The fraction of sp³-hybridized carbons (Fsp3) is 0.269. The lowest BCUT2D eigenvalue weighted by atomic mass is 10.1. The maximum atomic E-state index is 5.83. The number of nitrogens with one attached hydrogen (secondary N) is 2. The van der Waals surface area contributed by atoms with Gasteiger partial charge in [0.25, 0.3) is 0 Å². The van der Waals surface area contributed by atoms with Crippen LogP contribution in [0.1, 0.15) is 28.1 Å². The zero-order valence-electron chi connectivity index (χ0n) is 19.0. The van der Waals surface area contributed by atoms with Crippen LogP contribution in [-0.4, -0.2) is 28.7 Å². The molecule has 2 aromatic heterocycles. The van der Waals surface area contributed by atoms with Gasteiger partial charge in [-0.25, -0.2) is 0 Å². The number of thiocarbonyl (C=S) groups is 1. The molecule has 0 saturated heterocycles. The molecular formula is C26H29N3O2S. The predicted octanol–water partition coefficient (Wildman–Crippen LogP) is 6.14. The highest BCUT2D eigenvalue weighted by molar-refractivity contribution is 7.80. The molecule has 0 atom stereocenters. The Balaban J connectivity index is 1.56. The second-order valence-corrected chi connectivity index (χ2v) is 8.58. The summed E-state index contributed by atoms with van der Waals surface area (Å²) >= 11 is 5.83. The molecule has 2 heterocycles. The lowest BCUT2D eigenvalue weighted by molar-refractivity contribution is 0.368. The van der Waals surface area contributed by atoms with Crippen LogP contribution in [0.3, 0.4) is 0 Å². The van der Waals surface area contributed by atoms with Crippen molar-refractivity contribution in [2.75, 3.05) is 19.0 Å². The van der Waals surface area contributed by atoms with Crippen LogP contribution in [0.4, 0.5) is 5.69 Å². The molecule has 0 aliphatic carbocycles. The average molecular weight is 448 g/mol. The summed E-state index contributed by atoms with van der Waals surface area (Å²) in [4.78, 5) is 5.65. The molecule has 0 unspecified atom stereocenters. The van der Waals surface area contributed by atoms with Gasteiger partial charge in [0.2, 0.25) is 0 Å². The molecule has 0 bridgehead atoms. The van der Waals surface area contributed by atoms with Crippen molar-refractivity contribution in [3.05, 3.63) is 82.9 Å². The number of methoxy groups -OCH3 is 1. The second kappa shape index (κ2) is 9.49. The standard InChI is InChI=1S/C26H29N3O2S/c1-17-12-18(2)14-20(13-17)28-26(32)29(16-22-6-5-11-31-22)10-9-23-19(3)27-25-8-7-21(30-4)15-24(23)25/h5-8,11-15,27H,9-10,16H2,1-4H3,(H,28,32). The molecule has 166 valence electrons. The molecule has 4 aromatic rings. The van der Waals surface area contributed by atoms with Crippen LogP contribution in [0.15, 0.2) is 59.2 Å². The molecule has 0 amide bonds. The third-order valence-electron chi connectivity index (χ3n) is 5.65. The van der Waals surface area contributed by atoms with E-state index in [0.717, 1.165) is 35.7 Å². The molecule has 0 aliphatic rings. The van der Waals surface area contributed by atoms with Crippen LogP contribution in [0.2, 0.25) is 0 Å². The Hall–Kier alpha value is -3.25. The van der Waals surface area contributed by atoms with E-state index in [9.17, 15) is 0 Å². The van der Waals surface area contributed by atoms with E-state index >= 15 is 0 Å². The van der Waals surface area contributed by atoms with Crippen molar-refractivity contribution in [3.63, 3.8) is 0 Å². The summed E-state index contributed by atoms with van der Waals surface area (Å²) in [6.45, 7) is 7.66. The first-order valence-electron chi connectivity index (χ1n) is 10.7. The quantitative estimate of drug-likeness (QED) is 0.334. The Morgan fingerprint density at radius 1 is 1.09 bits per heavy atom. The number of ether oxygens (including phenoxy) is 1. The molecule has 6 heteroatoms. The molecule has 0 saturated carbocycles. The van der Waals surface area contributed by atoms with Gasteiger partial charge in [-0.05, 0) is 98.6 Å². The van der Waals surface area contributed by atoms with Crippen molar-refractivity contribution in [1.82, 2.24) is 9.88 Å². The molecule has 0 radical (unpaired) electrons. The van der Waals surface area contributed by atoms with Crippen molar-refractivity contribution in [1.29, 1.82) is 0 Å². The summed E-state index contributed by atoms with van der Waals surface area (Å²) in [7, 11) is 1.70. The molecular weight excluding hydrogens is 418 g/mol. The van der Waals surface area contributed by atoms with Gasteiger partial charge in [-0.1, -0.05) is 6.07 Å². The molecule has 5 nitrogen and oxygen atoms in total. The minimum atomic E-state index is 0.606. The summed E-state index contributed by atoms with van der Waals surface area (Å²) < 4.78 is 11.1. The summed E-state index contributed by atoms with van der Waals surface area (Å²) in [5.41, 5.74) is 6.97. The number of nitrogens with zero attached hydrogens (tertiary/aromatic N) is 1. The van der Waals surface area contributed by atoms with Crippen molar-refractivity contribution < 1.29 is 9.15 Å². The van der Waals surface area contributed by atoms with Crippen LogP contribution in [0.25, 0.3) is 10.9 Å². The van der Waals surface area contributed by atoms with Crippen molar-refractivity contribution in [2.45, 2.75) is 33.7 Å². The monoisotopic (exact) mass is 447 g/mol. The smallest absolute Gasteiger partial charge is 0.173 e. The maximum Gasteiger partial charge on any atom is 0.173 e. The van der Waals surface area contributed by atoms with Gasteiger partial charge in [-0.15, -0.1) is 0 Å². The van der Waals surface area contributed by atoms with E-state index in [4.69, 9.17) is 21.4 Å². The Bertz CT molecular complexity index is 1210. The number of furan rings is 1. The molecule has 4 rings (SSSR count). The van der Waals surface area contributed by atoms with Gasteiger partial charge in [0.05, 0.1) is 19.9 Å². The third-order valence-corrected chi connectivity index (χ3v) is 6.01. The van der Waals surface area contributed by atoms with Gasteiger partial charge in [-0.3, -0.25) is 0 Å². The largest absolute Gasteiger partial charge is 0.497 e. The first-order chi connectivity index (χ1) is 15.4. The van der Waals surface area contributed by atoms with E-state index in [1.165, 1.54) is 27.8 Å². The van der Waals surface area contributed by atoms with E-state index in [-0.39, 0.29) is 0 Å². The minimum absolute atomic E-state index is 0.606. The van der Waals surface area contributed by atoms with Gasteiger partial charge < -0.3 is 24.4 Å². The van der Waals surface area contributed by atoms with E-state index < -0.39 is 0 Å². The van der Waals surface area contributed by atoms with Crippen LogP contribution in [0, 0.1) is 20.8 Å². The Morgan fingerprint density at radius 3 is 2.56 bits per heavy atom. The average Bonchev–Trinajstić information content (AvgIpc) is 3.36. The van der Waals surface area contributed by atoms with Gasteiger partial charge in [0.1, 0.15) is 11.5 Å². The van der Waals surface area contributed by atoms with Gasteiger partial charge in [0, 0.05) is 28.8 Å². The second-order valence-electron chi connectivity index (χ2n) is 8.20. The van der Waals surface area contributed by atoms with E-state index in [0.29, 0.717) is 11.7 Å². The van der Waals surface area contributed by atoms with Crippen molar-refractivity contribution in [3.8, 4) is 5.75 Å². The van der Waals surface area contributed by atoms with E-state index in [2.05, 4.69) is 66.3 Å². The fourth-order valence-corrected chi connectivity index (χ4v) is 4.42. The molecule has 0 spiro atoms. The molecule has 2 aromatic carbocycles. The zero-order valence-corrected chi connectivity index (χ0v) is 19.8. The molecule has 2 N–H and O–H groups in total. The van der Waals surface area contributed by atoms with Crippen LogP contribution in [-0.2, 0) is 13.0 Å². The number of hydrogen-bond acceptors (Lipinski definition) is 3. The molecule has 0 aliphatic heterocycles. The number of H-pyrrole nitrogens is 1. The highest BCUT2D eigenvalue weighted by Gasteiger charge is 2.16. The highest BCUT2D eigenvalue weighted by Crippen LogP contribution is 2.27. The van der Waals surface area contributed by atoms with Crippen LogP contribution >= 0.6 is 12.2 Å². The number of benzene rings is 2. The lowest BCUT2D eigenvalue weighted by Gasteiger charge is -2.25. The first-order valence-corrected chi connectivity index (χ1v) is 11.2. The number of hydrogen-bond donors (Lipinski definition) is 2. The summed E-state index contributed by atoms with van der Waals surface area (Å²) in [6, 6.07) is 16.4. The van der Waals surface area contributed by atoms with Crippen molar-refractivity contribution in [2.24, 2.45) is 0 Å². The Labute approximate surface area is 194 Å². The highest BCUT2D eigenvalue weighted by atomic mass is 32.1. The SMILES string of the molecule is COc1ccc2[nH]c(C)c(CCN(Cc3ccco3)C(=S)Nc3cc(C)cc(C)c3)c2c1. The third kappa shape index (κ3) is 4.97. The maximum absolute atomic E-state index is 5.83. The molecule has 0 fully saturated rings. The molecule has 32 heavy (non-hydrogen) atoms. The number of rotatable bonds is 7. The van der Waals surface area contributed by atoms with Gasteiger partial charge in [0.15, 0.2) is 5.11 Å². The topological polar surface area (TPSA) is 53.4 Å². The van der Waals surface area contributed by atoms with Crippen molar-refractivity contribution >= 4 is 33.9 Å². The minimum Gasteiger partial charge on any atom is -0.497 e. The van der Waals surface area contributed by atoms with E-state index in [1.807, 2.05) is 18.2 Å². The lowest BCUT2D eigenvalue weighted by Crippen LogP contribution is -2.35. The first kappa shape index (κ1) is 22.0. The fourth-order valence-electron chi connectivity index (χ4n) is 4.15. The van der Waals surface area contributed by atoms with Gasteiger partial charge >= 0.3 is 0 Å². The summed E-state index contributed by atoms with van der Waals surface area (Å²) in [6.07, 6.45) is 2.54. The Morgan fingerprint density at radius 2 is 1.88 bits per heavy atom. The number of aromatic amines is 1. The van der Waals surface area contributed by atoms with Gasteiger partial charge in [-0.2, -0.15) is 0 Å². The predicted molar refractivity (Wildman–Crippen MR) is 135 cm³/mol. The number of aryl methyl sites for hydroxylation is 3. The number of aromatic nitrogens is 1. The van der Waals surface area contributed by atoms with Crippen LogP contribution < -0.4 is 10.1 Å². The Kier molecular flexibility index (Phi) is 6.51. The zero-order chi connectivity index (χ0) is 22.7.